The van der Waals surface area contributed by atoms with E-state index in [4.69, 9.17) is 11.6 Å². The predicted molar refractivity (Wildman–Crippen MR) is 92.6 cm³/mol. The number of carbonyl (C=O) groups excluding carboxylic acids is 1. The molecule has 3 rings (SSSR count). The zero-order chi connectivity index (χ0) is 16.8. The number of hydrogen-bond acceptors (Lipinski definition) is 4. The van der Waals surface area contributed by atoms with Crippen LogP contribution >= 0.6 is 11.6 Å². The quantitative estimate of drug-likeness (QED) is 0.762. The minimum atomic E-state index is -0.344. The van der Waals surface area contributed by atoms with E-state index in [1.165, 1.54) is 0 Å². The normalized spacial score (nSPS) is 10.2. The van der Waals surface area contributed by atoms with Crippen LogP contribution in [0.4, 0.5) is 10.5 Å². The van der Waals surface area contributed by atoms with Crippen LogP contribution in [0.1, 0.15) is 5.69 Å². The number of hydrogen-bond donors (Lipinski definition) is 2. The van der Waals surface area contributed by atoms with Gasteiger partial charge in [0.2, 0.25) is 0 Å². The number of halogens is 1. The summed E-state index contributed by atoms with van der Waals surface area (Å²) >= 11 is 5.89. The molecule has 6 nitrogen and oxygen atoms in total. The third kappa shape index (κ3) is 4.05. The molecule has 2 aromatic heterocycles. The Kier molecular flexibility index (Phi) is 4.98. The van der Waals surface area contributed by atoms with Crippen molar-refractivity contribution in [1.29, 1.82) is 0 Å². The second-order valence-electron chi connectivity index (χ2n) is 4.91. The van der Waals surface area contributed by atoms with Crippen LogP contribution in [-0.2, 0) is 6.54 Å². The maximum absolute atomic E-state index is 12.0. The minimum absolute atomic E-state index is 0.248. The van der Waals surface area contributed by atoms with Crippen molar-refractivity contribution in [2.45, 2.75) is 6.54 Å². The van der Waals surface area contributed by atoms with Gasteiger partial charge in [-0.05, 0) is 30.3 Å². The maximum Gasteiger partial charge on any atom is 0.319 e. The molecule has 3 aromatic rings. The first-order chi connectivity index (χ1) is 11.7. The maximum atomic E-state index is 12.0. The highest BCUT2D eigenvalue weighted by Gasteiger charge is 2.09. The molecule has 2 N–H and O–H groups in total. The third-order valence-corrected chi connectivity index (χ3v) is 3.46. The number of pyridine rings is 1. The van der Waals surface area contributed by atoms with Gasteiger partial charge in [-0.3, -0.25) is 15.0 Å². The average molecular weight is 340 g/mol. The Balaban J connectivity index is 1.68. The van der Waals surface area contributed by atoms with Crippen molar-refractivity contribution < 1.29 is 4.79 Å². The van der Waals surface area contributed by atoms with Gasteiger partial charge in [-0.25, -0.2) is 4.79 Å². The molecular weight excluding hydrogens is 326 g/mol. The van der Waals surface area contributed by atoms with Crippen LogP contribution in [0.2, 0.25) is 5.02 Å². The molecule has 0 aliphatic rings. The molecule has 0 atom stereocenters. The van der Waals surface area contributed by atoms with Crippen LogP contribution in [0.25, 0.3) is 11.3 Å². The number of carbonyl (C=O) groups is 1. The summed E-state index contributed by atoms with van der Waals surface area (Å²) in [5.41, 5.74) is 2.89. The van der Waals surface area contributed by atoms with E-state index in [0.717, 1.165) is 5.56 Å². The zero-order valence-electron chi connectivity index (χ0n) is 12.6. The Morgan fingerprint density at radius 1 is 1.04 bits per heavy atom. The van der Waals surface area contributed by atoms with Crippen molar-refractivity contribution >= 4 is 23.3 Å². The number of nitrogens with one attached hydrogen (secondary N) is 2. The van der Waals surface area contributed by atoms with Crippen molar-refractivity contribution in [3.63, 3.8) is 0 Å². The Bertz CT molecular complexity index is 841. The SMILES string of the molecule is O=C(NCc1nccnc1-c1ccncc1)Nc1cccc(Cl)c1. The van der Waals surface area contributed by atoms with Gasteiger partial charge in [-0.15, -0.1) is 0 Å². The summed E-state index contributed by atoms with van der Waals surface area (Å²) in [6.07, 6.45) is 6.59. The first-order valence-electron chi connectivity index (χ1n) is 7.23. The summed E-state index contributed by atoms with van der Waals surface area (Å²) in [7, 11) is 0. The standard InChI is InChI=1S/C17H14ClN5O/c18-13-2-1-3-14(10-13)23-17(24)22-11-15-16(21-9-8-20-15)12-4-6-19-7-5-12/h1-10H,11H2,(H2,22,23,24). The molecule has 24 heavy (non-hydrogen) atoms. The number of amides is 2. The number of aromatic nitrogens is 3. The van der Waals surface area contributed by atoms with Gasteiger partial charge >= 0.3 is 6.03 Å². The van der Waals surface area contributed by atoms with E-state index in [2.05, 4.69) is 25.6 Å². The van der Waals surface area contributed by atoms with Crippen LogP contribution in [0, 0.1) is 0 Å². The molecule has 2 heterocycles. The highest BCUT2D eigenvalue weighted by molar-refractivity contribution is 6.30. The molecule has 0 radical (unpaired) electrons. The topological polar surface area (TPSA) is 79.8 Å². The fourth-order valence-corrected chi connectivity index (χ4v) is 2.34. The van der Waals surface area contributed by atoms with E-state index in [9.17, 15) is 4.79 Å². The summed E-state index contributed by atoms with van der Waals surface area (Å²) < 4.78 is 0. The van der Waals surface area contributed by atoms with E-state index in [-0.39, 0.29) is 12.6 Å². The number of anilines is 1. The summed E-state index contributed by atoms with van der Waals surface area (Å²) in [5.74, 6) is 0. The smallest absolute Gasteiger partial charge is 0.319 e. The summed E-state index contributed by atoms with van der Waals surface area (Å²) in [4.78, 5) is 24.7. The van der Waals surface area contributed by atoms with Crippen molar-refractivity contribution in [2.24, 2.45) is 0 Å². The van der Waals surface area contributed by atoms with Gasteiger partial charge in [-0.1, -0.05) is 17.7 Å². The number of rotatable bonds is 4. The van der Waals surface area contributed by atoms with Crippen molar-refractivity contribution in [1.82, 2.24) is 20.3 Å². The molecule has 2 amide bonds. The molecule has 0 spiro atoms. The Hall–Kier alpha value is -2.99. The van der Waals surface area contributed by atoms with Crippen molar-refractivity contribution in [3.8, 4) is 11.3 Å². The predicted octanol–water partition coefficient (Wildman–Crippen LogP) is 3.51. The van der Waals surface area contributed by atoms with Crippen LogP contribution in [0.5, 0.6) is 0 Å². The van der Waals surface area contributed by atoms with Crippen molar-refractivity contribution in [2.75, 3.05) is 5.32 Å². The molecule has 0 unspecified atom stereocenters. The summed E-state index contributed by atoms with van der Waals surface area (Å²) in [5, 5.41) is 6.04. The number of nitrogens with zero attached hydrogens (tertiary/aromatic N) is 3. The lowest BCUT2D eigenvalue weighted by Gasteiger charge is -2.10. The molecule has 0 saturated carbocycles. The first-order valence-corrected chi connectivity index (χ1v) is 7.61. The lowest BCUT2D eigenvalue weighted by molar-refractivity contribution is 0.251. The minimum Gasteiger partial charge on any atom is -0.332 e. The second-order valence-corrected chi connectivity index (χ2v) is 5.34. The summed E-state index contributed by atoms with van der Waals surface area (Å²) in [6, 6.07) is 10.3. The second kappa shape index (κ2) is 7.52. The van der Waals surface area contributed by atoms with E-state index >= 15 is 0 Å². The lowest BCUT2D eigenvalue weighted by atomic mass is 10.1. The van der Waals surface area contributed by atoms with Gasteiger partial charge < -0.3 is 10.6 Å². The van der Waals surface area contributed by atoms with E-state index in [1.807, 2.05) is 12.1 Å². The number of urea groups is 1. The van der Waals surface area contributed by atoms with Gasteiger partial charge in [0.1, 0.15) is 0 Å². The molecule has 7 heteroatoms. The van der Waals surface area contributed by atoms with Gasteiger partial charge in [-0.2, -0.15) is 0 Å². The number of benzene rings is 1. The van der Waals surface area contributed by atoms with Crippen LogP contribution < -0.4 is 10.6 Å². The Labute approximate surface area is 143 Å². The molecule has 0 fully saturated rings. The van der Waals surface area contributed by atoms with E-state index < -0.39 is 0 Å². The summed E-state index contributed by atoms with van der Waals surface area (Å²) in [6.45, 7) is 0.248. The fourth-order valence-electron chi connectivity index (χ4n) is 2.15. The molecular formula is C17H14ClN5O. The van der Waals surface area contributed by atoms with Gasteiger partial charge in [0, 0.05) is 41.1 Å². The molecule has 0 saturated heterocycles. The van der Waals surface area contributed by atoms with Gasteiger partial charge in [0.05, 0.1) is 17.9 Å². The molecule has 0 bridgehead atoms. The highest BCUT2D eigenvalue weighted by Crippen LogP contribution is 2.18. The fraction of sp³-hybridized carbons (Fsp3) is 0.0588. The third-order valence-electron chi connectivity index (χ3n) is 3.23. The van der Waals surface area contributed by atoms with Crippen LogP contribution in [0.3, 0.4) is 0 Å². The molecule has 120 valence electrons. The largest absolute Gasteiger partial charge is 0.332 e. The van der Waals surface area contributed by atoms with E-state index in [0.29, 0.717) is 22.1 Å². The lowest BCUT2D eigenvalue weighted by Crippen LogP contribution is -2.28. The van der Waals surface area contributed by atoms with Gasteiger partial charge in [0.25, 0.3) is 0 Å². The van der Waals surface area contributed by atoms with Gasteiger partial charge in [0.15, 0.2) is 0 Å². The average Bonchev–Trinajstić information content (AvgIpc) is 2.61. The first kappa shape index (κ1) is 15.9. The monoisotopic (exact) mass is 339 g/mol. The van der Waals surface area contributed by atoms with Crippen LogP contribution in [-0.4, -0.2) is 21.0 Å². The molecule has 0 aliphatic heterocycles. The Morgan fingerprint density at radius 2 is 1.83 bits per heavy atom. The molecule has 1 aromatic carbocycles. The van der Waals surface area contributed by atoms with Crippen LogP contribution in [0.15, 0.2) is 61.2 Å². The van der Waals surface area contributed by atoms with E-state index in [1.54, 1.807) is 49.1 Å². The zero-order valence-corrected chi connectivity index (χ0v) is 13.4. The molecule has 0 aliphatic carbocycles. The Morgan fingerprint density at radius 3 is 2.62 bits per heavy atom. The van der Waals surface area contributed by atoms with Crippen molar-refractivity contribution in [3.05, 3.63) is 71.9 Å². The highest BCUT2D eigenvalue weighted by atomic mass is 35.5.